The topological polar surface area (TPSA) is 71.4 Å². The molecule has 2 aromatic carbocycles. The molecule has 0 radical (unpaired) electrons. The SMILES string of the molecule is O=C1COCCN1c1ccc(N2CC(C/N=C\c3ccc(Cl)cc3)OC2=O)cc1. The molecule has 2 fully saturated rings. The lowest BCUT2D eigenvalue weighted by molar-refractivity contribution is -0.125. The Labute approximate surface area is 173 Å². The van der Waals surface area contributed by atoms with E-state index in [1.807, 2.05) is 36.4 Å². The molecule has 0 saturated carbocycles. The van der Waals surface area contributed by atoms with Gasteiger partial charge in [0.2, 0.25) is 0 Å². The predicted molar refractivity (Wildman–Crippen MR) is 111 cm³/mol. The lowest BCUT2D eigenvalue weighted by atomic mass is 10.2. The molecule has 1 unspecified atom stereocenters. The van der Waals surface area contributed by atoms with Crippen LogP contribution in [0.4, 0.5) is 16.2 Å². The highest BCUT2D eigenvalue weighted by Crippen LogP contribution is 2.25. The molecule has 150 valence electrons. The number of carbonyl (C=O) groups excluding carboxylic acids is 2. The second-order valence-electron chi connectivity index (χ2n) is 6.78. The zero-order valence-electron chi connectivity index (χ0n) is 15.7. The fourth-order valence-electron chi connectivity index (χ4n) is 3.26. The van der Waals surface area contributed by atoms with Crippen molar-refractivity contribution in [1.82, 2.24) is 0 Å². The molecule has 4 rings (SSSR count). The minimum Gasteiger partial charge on any atom is -0.442 e. The summed E-state index contributed by atoms with van der Waals surface area (Å²) in [5.74, 6) is -0.0665. The van der Waals surface area contributed by atoms with Crippen molar-refractivity contribution >= 4 is 41.2 Å². The van der Waals surface area contributed by atoms with E-state index in [9.17, 15) is 9.59 Å². The van der Waals surface area contributed by atoms with E-state index in [0.29, 0.717) is 31.3 Å². The van der Waals surface area contributed by atoms with Gasteiger partial charge in [-0.15, -0.1) is 0 Å². The van der Waals surface area contributed by atoms with Gasteiger partial charge in [0.25, 0.3) is 5.91 Å². The number of nitrogens with zero attached hydrogens (tertiary/aromatic N) is 3. The average Bonchev–Trinajstić information content (AvgIpc) is 3.10. The van der Waals surface area contributed by atoms with Gasteiger partial charge in [-0.05, 0) is 42.0 Å². The molecule has 7 nitrogen and oxygen atoms in total. The van der Waals surface area contributed by atoms with Crippen molar-refractivity contribution in [3.63, 3.8) is 0 Å². The molecule has 8 heteroatoms. The number of ether oxygens (including phenoxy) is 2. The van der Waals surface area contributed by atoms with Crippen molar-refractivity contribution in [2.75, 3.05) is 42.6 Å². The van der Waals surface area contributed by atoms with Crippen LogP contribution >= 0.6 is 11.6 Å². The number of cyclic esters (lactones) is 1. The van der Waals surface area contributed by atoms with Crippen molar-refractivity contribution in [3.8, 4) is 0 Å². The smallest absolute Gasteiger partial charge is 0.414 e. The summed E-state index contributed by atoms with van der Waals surface area (Å²) in [7, 11) is 0. The summed E-state index contributed by atoms with van der Waals surface area (Å²) in [4.78, 5) is 31.8. The number of benzene rings is 2. The largest absolute Gasteiger partial charge is 0.442 e. The molecule has 2 amide bonds. The second kappa shape index (κ2) is 8.63. The Kier molecular flexibility index (Phi) is 5.78. The Morgan fingerprint density at radius 1 is 1.03 bits per heavy atom. The van der Waals surface area contributed by atoms with E-state index >= 15 is 0 Å². The molecule has 2 aliphatic heterocycles. The number of rotatable bonds is 5. The summed E-state index contributed by atoms with van der Waals surface area (Å²) in [5, 5.41) is 0.673. The quantitative estimate of drug-likeness (QED) is 0.706. The maximum absolute atomic E-state index is 12.3. The van der Waals surface area contributed by atoms with Gasteiger partial charge in [0.1, 0.15) is 12.7 Å². The Hall–Kier alpha value is -2.90. The van der Waals surface area contributed by atoms with Crippen LogP contribution in [0.15, 0.2) is 53.5 Å². The Bertz CT molecular complexity index is 915. The first-order chi connectivity index (χ1) is 14.1. The Morgan fingerprint density at radius 3 is 2.41 bits per heavy atom. The van der Waals surface area contributed by atoms with Crippen molar-refractivity contribution < 1.29 is 19.1 Å². The van der Waals surface area contributed by atoms with E-state index < -0.39 is 6.09 Å². The summed E-state index contributed by atoms with van der Waals surface area (Å²) in [6, 6.07) is 14.6. The van der Waals surface area contributed by atoms with Crippen LogP contribution in [0.2, 0.25) is 5.02 Å². The molecule has 0 spiro atoms. The molecule has 0 aliphatic carbocycles. The van der Waals surface area contributed by atoms with Crippen LogP contribution in [-0.2, 0) is 14.3 Å². The fraction of sp³-hybridized carbons (Fsp3) is 0.286. The van der Waals surface area contributed by atoms with Gasteiger partial charge < -0.3 is 14.4 Å². The molecule has 2 aromatic rings. The lowest BCUT2D eigenvalue weighted by Crippen LogP contribution is -2.41. The molecular formula is C21H20ClN3O4. The number of aliphatic imine (C=N–C) groups is 1. The number of hydrogen-bond donors (Lipinski definition) is 0. The average molecular weight is 414 g/mol. The standard InChI is InChI=1S/C21H20ClN3O4/c22-16-3-1-15(2-4-16)11-23-12-19-13-25(21(27)29-19)18-7-5-17(6-8-18)24-9-10-28-14-20(24)26/h1-8,11,19H,9-10,12-14H2/b23-11-. The van der Waals surface area contributed by atoms with Crippen LogP contribution in [0.25, 0.3) is 0 Å². The van der Waals surface area contributed by atoms with E-state index in [1.165, 1.54) is 0 Å². The van der Waals surface area contributed by atoms with Crippen LogP contribution in [0, 0.1) is 0 Å². The van der Waals surface area contributed by atoms with Crippen molar-refractivity contribution in [3.05, 3.63) is 59.1 Å². The fourth-order valence-corrected chi connectivity index (χ4v) is 3.38. The van der Waals surface area contributed by atoms with Crippen LogP contribution in [0.5, 0.6) is 0 Å². The summed E-state index contributed by atoms with van der Waals surface area (Å²) in [6.45, 7) is 1.94. The monoisotopic (exact) mass is 413 g/mol. The highest BCUT2D eigenvalue weighted by Gasteiger charge is 2.32. The normalized spacial score (nSPS) is 19.8. The van der Waals surface area contributed by atoms with Crippen LogP contribution in [0.3, 0.4) is 0 Å². The van der Waals surface area contributed by atoms with Gasteiger partial charge in [0.15, 0.2) is 0 Å². The number of anilines is 2. The number of carbonyl (C=O) groups is 2. The number of amides is 2. The molecule has 1 atom stereocenters. The number of hydrogen-bond acceptors (Lipinski definition) is 5. The third-order valence-corrected chi connectivity index (χ3v) is 5.00. The molecule has 0 aromatic heterocycles. The number of morpholine rings is 1. The third-order valence-electron chi connectivity index (χ3n) is 4.75. The predicted octanol–water partition coefficient (Wildman–Crippen LogP) is 3.15. The van der Waals surface area contributed by atoms with Gasteiger partial charge in [-0.1, -0.05) is 23.7 Å². The molecule has 2 heterocycles. The summed E-state index contributed by atoms with van der Waals surface area (Å²) in [5.41, 5.74) is 2.45. The Morgan fingerprint density at radius 2 is 1.72 bits per heavy atom. The molecular weight excluding hydrogens is 394 g/mol. The van der Waals surface area contributed by atoms with Gasteiger partial charge >= 0.3 is 6.09 Å². The van der Waals surface area contributed by atoms with Crippen LogP contribution in [-0.4, -0.2) is 57.2 Å². The van der Waals surface area contributed by atoms with Crippen LogP contribution in [0.1, 0.15) is 5.56 Å². The number of halogens is 1. The minimum atomic E-state index is -0.396. The van der Waals surface area contributed by atoms with Gasteiger partial charge in [-0.3, -0.25) is 14.7 Å². The maximum atomic E-state index is 12.3. The summed E-state index contributed by atoms with van der Waals surface area (Å²) < 4.78 is 10.6. The van der Waals surface area contributed by atoms with Crippen molar-refractivity contribution in [2.24, 2.45) is 4.99 Å². The lowest BCUT2D eigenvalue weighted by Gasteiger charge is -2.27. The Balaban J connectivity index is 1.36. The van der Waals surface area contributed by atoms with Crippen molar-refractivity contribution in [2.45, 2.75) is 6.10 Å². The van der Waals surface area contributed by atoms with E-state index in [1.54, 1.807) is 28.1 Å². The molecule has 29 heavy (non-hydrogen) atoms. The molecule has 2 aliphatic rings. The van der Waals surface area contributed by atoms with Gasteiger partial charge in [-0.2, -0.15) is 0 Å². The van der Waals surface area contributed by atoms with E-state index in [-0.39, 0.29) is 18.6 Å². The highest BCUT2D eigenvalue weighted by molar-refractivity contribution is 6.30. The minimum absolute atomic E-state index is 0.0665. The molecule has 0 N–H and O–H groups in total. The zero-order valence-corrected chi connectivity index (χ0v) is 16.4. The third kappa shape index (κ3) is 4.58. The van der Waals surface area contributed by atoms with Crippen LogP contribution < -0.4 is 9.80 Å². The molecule has 0 bridgehead atoms. The summed E-state index contributed by atoms with van der Waals surface area (Å²) in [6.07, 6.45) is 1.03. The summed E-state index contributed by atoms with van der Waals surface area (Å²) >= 11 is 5.87. The van der Waals surface area contributed by atoms with E-state index in [0.717, 1.165) is 16.9 Å². The second-order valence-corrected chi connectivity index (χ2v) is 7.21. The van der Waals surface area contributed by atoms with E-state index in [4.69, 9.17) is 21.1 Å². The first kappa shape index (κ1) is 19.4. The first-order valence-corrected chi connectivity index (χ1v) is 9.70. The van der Waals surface area contributed by atoms with Crippen molar-refractivity contribution in [1.29, 1.82) is 0 Å². The van der Waals surface area contributed by atoms with Gasteiger partial charge in [0.05, 0.1) is 19.7 Å². The molecule has 2 saturated heterocycles. The highest BCUT2D eigenvalue weighted by atomic mass is 35.5. The maximum Gasteiger partial charge on any atom is 0.414 e. The van der Waals surface area contributed by atoms with Gasteiger partial charge in [-0.25, -0.2) is 4.79 Å². The van der Waals surface area contributed by atoms with E-state index in [2.05, 4.69) is 4.99 Å². The first-order valence-electron chi connectivity index (χ1n) is 9.32. The van der Waals surface area contributed by atoms with Gasteiger partial charge in [0, 0.05) is 29.2 Å². The zero-order chi connectivity index (χ0) is 20.2.